The van der Waals surface area contributed by atoms with Gasteiger partial charge < -0.3 is 15.8 Å². The number of anilines is 3. The minimum absolute atomic E-state index is 0.768. The SMILES string of the molecule is COc1cc(Br)cc(Nc2ccc(N)cc2C)c1. The molecule has 0 atom stereocenters. The second-order valence-electron chi connectivity index (χ2n) is 4.08. The molecule has 2 rings (SSSR count). The highest BCUT2D eigenvalue weighted by molar-refractivity contribution is 9.10. The quantitative estimate of drug-likeness (QED) is 0.840. The van der Waals surface area contributed by atoms with Gasteiger partial charge in [-0.2, -0.15) is 0 Å². The standard InChI is InChI=1S/C14H15BrN2O/c1-9-5-11(16)3-4-14(9)17-12-6-10(15)7-13(8-12)18-2/h3-8,17H,16H2,1-2H3. The van der Waals surface area contributed by atoms with Gasteiger partial charge in [0.05, 0.1) is 7.11 Å². The van der Waals surface area contributed by atoms with Crippen molar-refractivity contribution in [3.8, 4) is 5.75 Å². The summed E-state index contributed by atoms with van der Waals surface area (Å²) in [5.41, 5.74) is 9.61. The smallest absolute Gasteiger partial charge is 0.122 e. The molecule has 0 amide bonds. The van der Waals surface area contributed by atoms with E-state index in [2.05, 4.69) is 21.2 Å². The molecule has 94 valence electrons. The summed E-state index contributed by atoms with van der Waals surface area (Å²) in [6.07, 6.45) is 0. The molecule has 0 aliphatic carbocycles. The van der Waals surface area contributed by atoms with Gasteiger partial charge >= 0.3 is 0 Å². The van der Waals surface area contributed by atoms with E-state index in [1.807, 2.05) is 43.3 Å². The van der Waals surface area contributed by atoms with E-state index in [0.29, 0.717) is 0 Å². The van der Waals surface area contributed by atoms with Crippen molar-refractivity contribution in [2.24, 2.45) is 0 Å². The number of hydrogen-bond donors (Lipinski definition) is 2. The fraction of sp³-hybridized carbons (Fsp3) is 0.143. The van der Waals surface area contributed by atoms with Gasteiger partial charge in [-0.3, -0.25) is 0 Å². The van der Waals surface area contributed by atoms with E-state index in [-0.39, 0.29) is 0 Å². The molecule has 0 saturated carbocycles. The first-order chi connectivity index (χ1) is 8.58. The third-order valence-electron chi connectivity index (χ3n) is 2.64. The maximum atomic E-state index is 5.74. The van der Waals surface area contributed by atoms with Gasteiger partial charge in [-0.15, -0.1) is 0 Å². The Balaban J connectivity index is 2.30. The van der Waals surface area contributed by atoms with Crippen LogP contribution in [-0.2, 0) is 0 Å². The monoisotopic (exact) mass is 306 g/mol. The van der Waals surface area contributed by atoms with Crippen LogP contribution in [0.25, 0.3) is 0 Å². The highest BCUT2D eigenvalue weighted by atomic mass is 79.9. The molecule has 0 heterocycles. The fourth-order valence-electron chi connectivity index (χ4n) is 1.74. The molecule has 18 heavy (non-hydrogen) atoms. The first kappa shape index (κ1) is 12.8. The van der Waals surface area contributed by atoms with Crippen molar-refractivity contribution in [3.63, 3.8) is 0 Å². The number of hydrogen-bond acceptors (Lipinski definition) is 3. The Hall–Kier alpha value is -1.68. The highest BCUT2D eigenvalue weighted by Gasteiger charge is 2.02. The average molecular weight is 307 g/mol. The molecule has 0 aromatic heterocycles. The van der Waals surface area contributed by atoms with Crippen molar-refractivity contribution >= 4 is 33.0 Å². The van der Waals surface area contributed by atoms with Crippen molar-refractivity contribution < 1.29 is 4.74 Å². The molecular formula is C14H15BrN2O. The predicted molar refractivity (Wildman–Crippen MR) is 79.6 cm³/mol. The summed E-state index contributed by atoms with van der Waals surface area (Å²) in [4.78, 5) is 0. The van der Waals surface area contributed by atoms with Crippen LogP contribution in [0, 0.1) is 6.92 Å². The van der Waals surface area contributed by atoms with Gasteiger partial charge in [0.1, 0.15) is 5.75 Å². The van der Waals surface area contributed by atoms with Crippen LogP contribution in [0.1, 0.15) is 5.56 Å². The Morgan fingerprint density at radius 3 is 2.61 bits per heavy atom. The van der Waals surface area contributed by atoms with Crippen LogP contribution in [0.3, 0.4) is 0 Å². The number of benzene rings is 2. The van der Waals surface area contributed by atoms with Crippen LogP contribution in [0.5, 0.6) is 5.75 Å². The van der Waals surface area contributed by atoms with E-state index < -0.39 is 0 Å². The molecule has 0 saturated heterocycles. The third kappa shape index (κ3) is 2.96. The van der Waals surface area contributed by atoms with E-state index in [1.54, 1.807) is 7.11 Å². The van der Waals surface area contributed by atoms with Crippen LogP contribution in [-0.4, -0.2) is 7.11 Å². The lowest BCUT2D eigenvalue weighted by atomic mass is 10.1. The topological polar surface area (TPSA) is 47.3 Å². The van der Waals surface area contributed by atoms with Crippen molar-refractivity contribution in [1.29, 1.82) is 0 Å². The first-order valence-electron chi connectivity index (χ1n) is 5.56. The zero-order valence-electron chi connectivity index (χ0n) is 10.3. The van der Waals surface area contributed by atoms with E-state index in [1.165, 1.54) is 0 Å². The number of halogens is 1. The second kappa shape index (κ2) is 5.31. The number of nitrogen functional groups attached to an aromatic ring is 1. The van der Waals surface area contributed by atoms with Gasteiger partial charge in [0, 0.05) is 27.6 Å². The highest BCUT2D eigenvalue weighted by Crippen LogP contribution is 2.28. The lowest BCUT2D eigenvalue weighted by Gasteiger charge is -2.12. The van der Waals surface area contributed by atoms with Crippen LogP contribution < -0.4 is 15.8 Å². The first-order valence-corrected chi connectivity index (χ1v) is 6.35. The molecule has 0 unspecified atom stereocenters. The largest absolute Gasteiger partial charge is 0.497 e. The van der Waals surface area contributed by atoms with E-state index in [4.69, 9.17) is 10.5 Å². The molecule has 0 aliphatic rings. The Labute approximate surface area is 115 Å². The predicted octanol–water partition coefficient (Wildman–Crippen LogP) is 4.09. The Morgan fingerprint density at radius 1 is 1.17 bits per heavy atom. The minimum atomic E-state index is 0.768. The molecule has 0 aliphatic heterocycles. The van der Waals surface area contributed by atoms with Crippen LogP contribution in [0.2, 0.25) is 0 Å². The van der Waals surface area contributed by atoms with Gasteiger partial charge in [0.25, 0.3) is 0 Å². The van der Waals surface area contributed by atoms with Gasteiger partial charge in [0.2, 0.25) is 0 Å². The number of ether oxygens (including phenoxy) is 1. The minimum Gasteiger partial charge on any atom is -0.497 e. The Morgan fingerprint density at radius 2 is 1.94 bits per heavy atom. The van der Waals surface area contributed by atoms with E-state index >= 15 is 0 Å². The third-order valence-corrected chi connectivity index (χ3v) is 3.09. The van der Waals surface area contributed by atoms with Crippen molar-refractivity contribution in [1.82, 2.24) is 0 Å². The Bertz CT molecular complexity index is 570. The number of nitrogens with one attached hydrogen (secondary N) is 1. The molecule has 4 heteroatoms. The summed E-state index contributed by atoms with van der Waals surface area (Å²) < 4.78 is 6.20. The number of aryl methyl sites for hydroxylation is 1. The van der Waals surface area contributed by atoms with Crippen molar-refractivity contribution in [2.75, 3.05) is 18.2 Å². The molecule has 0 fully saturated rings. The molecule has 0 bridgehead atoms. The van der Waals surface area contributed by atoms with Crippen LogP contribution in [0.4, 0.5) is 17.1 Å². The van der Waals surface area contributed by atoms with Gasteiger partial charge in [0.15, 0.2) is 0 Å². The Kier molecular flexibility index (Phi) is 3.77. The summed E-state index contributed by atoms with van der Waals surface area (Å²) in [5.74, 6) is 0.806. The summed E-state index contributed by atoms with van der Waals surface area (Å²) in [6, 6.07) is 11.7. The van der Waals surface area contributed by atoms with E-state index in [9.17, 15) is 0 Å². The molecule has 2 aromatic carbocycles. The molecule has 0 spiro atoms. The number of rotatable bonds is 3. The van der Waals surface area contributed by atoms with Crippen LogP contribution >= 0.6 is 15.9 Å². The summed E-state index contributed by atoms with van der Waals surface area (Å²) in [6.45, 7) is 2.02. The summed E-state index contributed by atoms with van der Waals surface area (Å²) >= 11 is 3.46. The zero-order valence-corrected chi connectivity index (χ0v) is 11.9. The second-order valence-corrected chi connectivity index (χ2v) is 4.99. The maximum Gasteiger partial charge on any atom is 0.122 e. The number of methoxy groups -OCH3 is 1. The van der Waals surface area contributed by atoms with Gasteiger partial charge in [-0.05, 0) is 42.8 Å². The van der Waals surface area contributed by atoms with Gasteiger partial charge in [-0.1, -0.05) is 15.9 Å². The van der Waals surface area contributed by atoms with Crippen molar-refractivity contribution in [3.05, 3.63) is 46.4 Å². The van der Waals surface area contributed by atoms with Crippen LogP contribution in [0.15, 0.2) is 40.9 Å². The summed E-state index contributed by atoms with van der Waals surface area (Å²) in [5, 5.41) is 3.35. The lowest BCUT2D eigenvalue weighted by Crippen LogP contribution is -1.95. The molecule has 3 N–H and O–H groups in total. The molecule has 2 aromatic rings. The number of nitrogens with two attached hydrogens (primary N) is 1. The maximum absolute atomic E-state index is 5.74. The van der Waals surface area contributed by atoms with Crippen molar-refractivity contribution in [2.45, 2.75) is 6.92 Å². The fourth-order valence-corrected chi connectivity index (χ4v) is 2.21. The normalized spacial score (nSPS) is 10.2. The lowest BCUT2D eigenvalue weighted by molar-refractivity contribution is 0.415. The summed E-state index contributed by atoms with van der Waals surface area (Å²) in [7, 11) is 1.65. The molecule has 3 nitrogen and oxygen atoms in total. The average Bonchev–Trinajstić information content (AvgIpc) is 2.32. The molecule has 0 radical (unpaired) electrons. The van der Waals surface area contributed by atoms with E-state index in [0.717, 1.165) is 32.8 Å². The zero-order chi connectivity index (χ0) is 13.1. The van der Waals surface area contributed by atoms with Gasteiger partial charge in [-0.25, -0.2) is 0 Å². The molecular weight excluding hydrogens is 292 g/mol.